The second kappa shape index (κ2) is 5.93. The molecule has 7 nitrogen and oxygen atoms in total. The van der Waals surface area contributed by atoms with Gasteiger partial charge in [-0.25, -0.2) is 14.8 Å². The van der Waals surface area contributed by atoms with Crippen LogP contribution in [0.15, 0.2) is 12.1 Å². The Morgan fingerprint density at radius 3 is 2.72 bits per heavy atom. The van der Waals surface area contributed by atoms with Crippen molar-refractivity contribution < 1.29 is 9.90 Å². The number of hydrogen-bond acceptors (Lipinski definition) is 5. The van der Waals surface area contributed by atoms with Gasteiger partial charge >= 0.3 is 6.03 Å². The second-order valence-corrected chi connectivity index (χ2v) is 7.06. The normalized spacial score (nSPS) is 16.0. The molecule has 1 fully saturated rings. The van der Waals surface area contributed by atoms with E-state index in [1.165, 1.54) is 12.1 Å². The second-order valence-electron chi connectivity index (χ2n) is 6.22. The van der Waals surface area contributed by atoms with Crippen LogP contribution in [0.5, 0.6) is 5.75 Å². The minimum atomic E-state index is -0.142. The number of nitrogen functional groups attached to an aromatic ring is 1. The number of nitrogens with zero attached hydrogens (tertiary/aromatic N) is 3. The van der Waals surface area contributed by atoms with Crippen molar-refractivity contribution in [1.82, 2.24) is 20.2 Å². The zero-order valence-electron chi connectivity index (χ0n) is 13.1. The summed E-state index contributed by atoms with van der Waals surface area (Å²) in [6.45, 7) is 0.654. The number of anilines is 1. The number of benzene rings is 1. The number of nitrogens with one attached hydrogen (secondary N) is 1. The van der Waals surface area contributed by atoms with Crippen LogP contribution in [0.1, 0.15) is 24.1 Å². The highest BCUT2D eigenvalue weighted by molar-refractivity contribution is 6.36. The van der Waals surface area contributed by atoms with Crippen molar-refractivity contribution in [2.75, 3.05) is 5.73 Å². The maximum atomic E-state index is 12.3. The van der Waals surface area contributed by atoms with E-state index in [-0.39, 0.29) is 28.8 Å². The maximum absolute atomic E-state index is 12.3. The van der Waals surface area contributed by atoms with Crippen LogP contribution in [0.3, 0.4) is 0 Å². The molecule has 1 aliphatic carbocycles. The van der Waals surface area contributed by atoms with E-state index < -0.39 is 0 Å². The summed E-state index contributed by atoms with van der Waals surface area (Å²) in [4.78, 5) is 22.5. The van der Waals surface area contributed by atoms with Crippen molar-refractivity contribution in [1.29, 1.82) is 0 Å². The van der Waals surface area contributed by atoms with Crippen LogP contribution in [-0.2, 0) is 13.1 Å². The summed E-state index contributed by atoms with van der Waals surface area (Å²) >= 11 is 12.2. The lowest BCUT2D eigenvalue weighted by Gasteiger charge is -2.16. The number of aromatic nitrogens is 2. The molecule has 2 amide bonds. The van der Waals surface area contributed by atoms with E-state index >= 15 is 0 Å². The highest BCUT2D eigenvalue weighted by atomic mass is 35.5. The topological polar surface area (TPSA) is 104 Å². The Morgan fingerprint density at radius 2 is 2.04 bits per heavy atom. The number of rotatable bonds is 2. The highest BCUT2D eigenvalue weighted by Crippen LogP contribution is 2.41. The van der Waals surface area contributed by atoms with Crippen LogP contribution in [-0.4, -0.2) is 32.0 Å². The van der Waals surface area contributed by atoms with Gasteiger partial charge in [-0.05, 0) is 25.0 Å². The SMILES string of the molecule is Nc1nc2c(c(-c3c(O)cc(Cl)cc3Cl)n1)CN(C(=O)NC1CC1)C2. The summed E-state index contributed by atoms with van der Waals surface area (Å²) in [5.41, 5.74) is 7.95. The van der Waals surface area contributed by atoms with E-state index in [0.717, 1.165) is 18.4 Å². The zero-order valence-corrected chi connectivity index (χ0v) is 14.6. The monoisotopic (exact) mass is 379 g/mol. The highest BCUT2D eigenvalue weighted by Gasteiger charge is 2.32. The van der Waals surface area contributed by atoms with Crippen molar-refractivity contribution in [3.63, 3.8) is 0 Å². The maximum Gasteiger partial charge on any atom is 0.318 e. The van der Waals surface area contributed by atoms with Gasteiger partial charge in [0.2, 0.25) is 5.95 Å². The van der Waals surface area contributed by atoms with E-state index in [4.69, 9.17) is 28.9 Å². The number of halogens is 2. The lowest BCUT2D eigenvalue weighted by Crippen LogP contribution is -2.37. The molecule has 0 saturated heterocycles. The lowest BCUT2D eigenvalue weighted by molar-refractivity contribution is 0.197. The largest absolute Gasteiger partial charge is 0.507 e. The fourth-order valence-electron chi connectivity index (χ4n) is 2.91. The van der Waals surface area contributed by atoms with E-state index in [1.807, 2.05) is 0 Å². The predicted octanol–water partition coefficient (Wildman–Crippen LogP) is 2.93. The molecule has 0 radical (unpaired) electrons. The number of urea groups is 1. The zero-order chi connectivity index (χ0) is 17.7. The molecule has 1 aromatic heterocycles. The number of amides is 2. The number of carbonyl (C=O) groups is 1. The number of aromatic hydroxyl groups is 1. The number of phenols is 1. The van der Waals surface area contributed by atoms with Crippen LogP contribution in [0.4, 0.5) is 10.7 Å². The van der Waals surface area contributed by atoms with Gasteiger partial charge < -0.3 is 21.1 Å². The third-order valence-electron chi connectivity index (χ3n) is 4.26. The van der Waals surface area contributed by atoms with Gasteiger partial charge in [0.15, 0.2) is 0 Å². The van der Waals surface area contributed by atoms with Crippen molar-refractivity contribution in [2.24, 2.45) is 0 Å². The summed E-state index contributed by atoms with van der Waals surface area (Å²) in [6, 6.07) is 3.04. The first-order valence-corrected chi connectivity index (χ1v) is 8.57. The first kappa shape index (κ1) is 16.2. The molecule has 4 rings (SSSR count). The summed E-state index contributed by atoms with van der Waals surface area (Å²) in [6.07, 6.45) is 2.03. The molecule has 1 aromatic carbocycles. The molecular weight excluding hydrogens is 365 g/mol. The third kappa shape index (κ3) is 3.05. The van der Waals surface area contributed by atoms with Crippen molar-refractivity contribution in [3.8, 4) is 17.0 Å². The van der Waals surface area contributed by atoms with E-state index in [9.17, 15) is 9.90 Å². The Labute approximate surface area is 153 Å². The third-order valence-corrected chi connectivity index (χ3v) is 4.78. The molecule has 1 saturated carbocycles. The predicted molar refractivity (Wildman–Crippen MR) is 94.4 cm³/mol. The van der Waals surface area contributed by atoms with Crippen LogP contribution in [0.2, 0.25) is 10.0 Å². The van der Waals surface area contributed by atoms with Crippen LogP contribution in [0, 0.1) is 0 Å². The standard InChI is InChI=1S/C16H15Cl2N5O2/c17-7-3-10(18)13(12(24)4-7)14-9-5-23(16(25)20-8-1-2-8)6-11(9)21-15(19)22-14/h3-4,8,24H,1-2,5-6H2,(H,20,25)(H2,19,21,22). The van der Waals surface area contributed by atoms with Gasteiger partial charge in [-0.3, -0.25) is 0 Å². The van der Waals surface area contributed by atoms with Gasteiger partial charge in [-0.15, -0.1) is 0 Å². The molecule has 2 aromatic rings. The van der Waals surface area contributed by atoms with Crippen LogP contribution >= 0.6 is 23.2 Å². The summed E-state index contributed by atoms with van der Waals surface area (Å²) < 4.78 is 0. The number of fused-ring (bicyclic) bond motifs is 1. The minimum Gasteiger partial charge on any atom is -0.507 e. The fourth-order valence-corrected chi connectivity index (χ4v) is 3.48. The summed E-state index contributed by atoms with van der Waals surface area (Å²) in [7, 11) is 0. The molecule has 2 aliphatic rings. The van der Waals surface area contributed by atoms with E-state index in [1.54, 1.807) is 4.90 Å². The van der Waals surface area contributed by atoms with Crippen molar-refractivity contribution in [3.05, 3.63) is 33.4 Å². The number of carbonyl (C=O) groups excluding carboxylic acids is 1. The van der Waals surface area contributed by atoms with Crippen LogP contribution < -0.4 is 11.1 Å². The molecule has 0 atom stereocenters. The first-order chi connectivity index (χ1) is 11.9. The molecule has 9 heteroatoms. The fraction of sp³-hybridized carbons (Fsp3) is 0.312. The summed E-state index contributed by atoms with van der Waals surface area (Å²) in [5.74, 6) is -0.0395. The average molecular weight is 380 g/mol. The first-order valence-electron chi connectivity index (χ1n) is 7.81. The van der Waals surface area contributed by atoms with Gasteiger partial charge in [-0.1, -0.05) is 23.2 Å². The average Bonchev–Trinajstić information content (AvgIpc) is 3.22. The van der Waals surface area contributed by atoms with Crippen molar-refractivity contribution in [2.45, 2.75) is 32.0 Å². The molecule has 4 N–H and O–H groups in total. The van der Waals surface area contributed by atoms with Gasteiger partial charge in [-0.2, -0.15) is 0 Å². The smallest absolute Gasteiger partial charge is 0.318 e. The van der Waals surface area contributed by atoms with E-state index in [2.05, 4.69) is 15.3 Å². The number of hydrogen-bond donors (Lipinski definition) is 3. The Kier molecular flexibility index (Phi) is 3.85. The molecular formula is C16H15Cl2N5O2. The Hall–Kier alpha value is -2.25. The molecule has 0 spiro atoms. The minimum absolute atomic E-state index is 0.0589. The number of phenolic OH excluding ortho intramolecular Hbond substituents is 1. The van der Waals surface area contributed by atoms with E-state index in [0.29, 0.717) is 35.1 Å². The Balaban J connectivity index is 1.74. The van der Waals surface area contributed by atoms with Gasteiger partial charge in [0, 0.05) is 16.6 Å². The summed E-state index contributed by atoms with van der Waals surface area (Å²) in [5, 5.41) is 13.8. The lowest BCUT2D eigenvalue weighted by atomic mass is 10.0. The van der Waals surface area contributed by atoms with Gasteiger partial charge in [0.1, 0.15) is 5.75 Å². The van der Waals surface area contributed by atoms with Crippen LogP contribution in [0.25, 0.3) is 11.3 Å². The Morgan fingerprint density at radius 1 is 1.28 bits per heavy atom. The Bertz CT molecular complexity index is 862. The molecule has 25 heavy (non-hydrogen) atoms. The van der Waals surface area contributed by atoms with Gasteiger partial charge in [0.05, 0.1) is 35.1 Å². The molecule has 2 heterocycles. The molecule has 0 unspecified atom stereocenters. The molecule has 130 valence electrons. The quantitative estimate of drug-likeness (QED) is 0.743. The number of nitrogens with two attached hydrogens (primary N) is 1. The molecule has 0 bridgehead atoms. The van der Waals surface area contributed by atoms with Crippen molar-refractivity contribution >= 4 is 35.2 Å². The van der Waals surface area contributed by atoms with Gasteiger partial charge in [0.25, 0.3) is 0 Å². The molecule has 1 aliphatic heterocycles.